The van der Waals surface area contributed by atoms with Crippen molar-refractivity contribution < 1.29 is 0 Å². The number of halogens is 1. The molecule has 2 aromatic heterocycles. The van der Waals surface area contributed by atoms with Gasteiger partial charge in [0.1, 0.15) is 0 Å². The molecule has 2 heterocycles. The van der Waals surface area contributed by atoms with E-state index in [1.165, 1.54) is 15.3 Å². The minimum Gasteiger partial charge on any atom is -0.305 e. The van der Waals surface area contributed by atoms with E-state index in [1.54, 1.807) is 22.7 Å². The Kier molecular flexibility index (Phi) is 7.08. The van der Waals surface area contributed by atoms with Gasteiger partial charge in [-0.05, 0) is 55.7 Å². The van der Waals surface area contributed by atoms with E-state index in [0.29, 0.717) is 0 Å². The van der Waals surface area contributed by atoms with Gasteiger partial charge in [0.05, 0.1) is 10.4 Å². The van der Waals surface area contributed by atoms with Crippen LogP contribution in [0.4, 0.5) is 0 Å². The van der Waals surface area contributed by atoms with E-state index in [9.17, 15) is 0 Å². The number of hydrogen-bond donors (Lipinski definition) is 1. The lowest BCUT2D eigenvalue weighted by Gasteiger charge is -2.19. The standard InChI is InChI=1S/C20H23ClN2S2/c1-23(15-16-7-3-2-4-8-16)13-6-12-22-20(17-9-5-14-24-17)18-10-11-19(21)25-18/h2-5,7-11,14,20,22H,6,12-13,15H2,1H3. The number of hydrogen-bond acceptors (Lipinski definition) is 4. The molecule has 0 saturated heterocycles. The number of rotatable bonds is 9. The third-order valence-corrected chi connectivity index (χ3v) is 6.30. The highest BCUT2D eigenvalue weighted by Crippen LogP contribution is 2.32. The van der Waals surface area contributed by atoms with E-state index in [2.05, 4.69) is 71.2 Å². The van der Waals surface area contributed by atoms with Crippen LogP contribution in [0.15, 0.2) is 60.0 Å². The fourth-order valence-electron chi connectivity index (χ4n) is 2.85. The molecule has 5 heteroatoms. The van der Waals surface area contributed by atoms with Crippen LogP contribution in [0.2, 0.25) is 4.34 Å². The molecule has 0 radical (unpaired) electrons. The van der Waals surface area contributed by atoms with E-state index >= 15 is 0 Å². The Bertz CT molecular complexity index is 740. The van der Waals surface area contributed by atoms with Gasteiger partial charge in [0.2, 0.25) is 0 Å². The predicted molar refractivity (Wildman–Crippen MR) is 111 cm³/mol. The van der Waals surface area contributed by atoms with Crippen LogP contribution in [0, 0.1) is 0 Å². The molecule has 0 aliphatic carbocycles. The van der Waals surface area contributed by atoms with Gasteiger partial charge in [-0.3, -0.25) is 0 Å². The summed E-state index contributed by atoms with van der Waals surface area (Å²) in [5.74, 6) is 0. The molecule has 25 heavy (non-hydrogen) atoms. The van der Waals surface area contributed by atoms with Crippen LogP contribution >= 0.6 is 34.3 Å². The summed E-state index contributed by atoms with van der Waals surface area (Å²) in [6.07, 6.45) is 1.12. The monoisotopic (exact) mass is 390 g/mol. The molecule has 0 amide bonds. The number of nitrogens with zero attached hydrogens (tertiary/aromatic N) is 1. The molecule has 0 aliphatic rings. The van der Waals surface area contributed by atoms with Gasteiger partial charge in [0, 0.05) is 16.3 Å². The summed E-state index contributed by atoms with van der Waals surface area (Å²) in [6.45, 7) is 3.05. The minimum absolute atomic E-state index is 0.247. The zero-order chi connectivity index (χ0) is 17.5. The molecule has 1 N–H and O–H groups in total. The van der Waals surface area contributed by atoms with Gasteiger partial charge in [-0.2, -0.15) is 0 Å². The fraction of sp³-hybridized carbons (Fsp3) is 0.300. The average Bonchev–Trinajstić information content (AvgIpc) is 3.28. The molecule has 2 nitrogen and oxygen atoms in total. The molecule has 1 atom stereocenters. The topological polar surface area (TPSA) is 15.3 Å². The molecule has 0 aliphatic heterocycles. The van der Waals surface area contributed by atoms with Crippen molar-refractivity contribution in [1.82, 2.24) is 10.2 Å². The number of thiophene rings is 2. The Morgan fingerprint density at radius 3 is 2.56 bits per heavy atom. The zero-order valence-corrected chi connectivity index (χ0v) is 16.7. The van der Waals surface area contributed by atoms with E-state index in [4.69, 9.17) is 11.6 Å². The smallest absolute Gasteiger partial charge is 0.0931 e. The Labute approximate surface area is 163 Å². The summed E-state index contributed by atoms with van der Waals surface area (Å²) in [7, 11) is 2.18. The maximum atomic E-state index is 6.13. The third-order valence-electron chi connectivity index (χ3n) is 4.07. The molecule has 3 rings (SSSR count). The highest BCUT2D eigenvalue weighted by atomic mass is 35.5. The highest BCUT2D eigenvalue weighted by molar-refractivity contribution is 7.16. The zero-order valence-electron chi connectivity index (χ0n) is 14.3. The highest BCUT2D eigenvalue weighted by Gasteiger charge is 2.16. The van der Waals surface area contributed by atoms with Crippen LogP contribution in [0.5, 0.6) is 0 Å². The molecule has 0 bridgehead atoms. The lowest BCUT2D eigenvalue weighted by atomic mass is 10.2. The second-order valence-electron chi connectivity index (χ2n) is 6.12. The summed E-state index contributed by atoms with van der Waals surface area (Å²) in [4.78, 5) is 5.00. The van der Waals surface area contributed by atoms with Gasteiger partial charge >= 0.3 is 0 Å². The lowest BCUT2D eigenvalue weighted by molar-refractivity contribution is 0.318. The second kappa shape index (κ2) is 9.51. The first kappa shape index (κ1) is 18.6. The molecular weight excluding hydrogens is 368 g/mol. The molecule has 1 unspecified atom stereocenters. The van der Waals surface area contributed by atoms with Crippen molar-refractivity contribution >= 4 is 34.3 Å². The Balaban J connectivity index is 1.49. The van der Waals surface area contributed by atoms with Crippen LogP contribution in [-0.2, 0) is 6.54 Å². The van der Waals surface area contributed by atoms with Gasteiger partial charge < -0.3 is 10.2 Å². The van der Waals surface area contributed by atoms with Gasteiger partial charge in [-0.1, -0.05) is 48.0 Å². The molecule has 0 saturated carbocycles. The van der Waals surface area contributed by atoms with Crippen LogP contribution in [-0.4, -0.2) is 25.0 Å². The first-order valence-corrected chi connectivity index (χ1v) is 10.5. The first-order valence-electron chi connectivity index (χ1n) is 8.47. The number of benzene rings is 1. The van der Waals surface area contributed by atoms with Gasteiger partial charge in [-0.25, -0.2) is 0 Å². The maximum Gasteiger partial charge on any atom is 0.0931 e. The Morgan fingerprint density at radius 1 is 1.04 bits per heavy atom. The second-order valence-corrected chi connectivity index (χ2v) is 8.85. The van der Waals surface area contributed by atoms with E-state index in [0.717, 1.165) is 30.4 Å². The quantitative estimate of drug-likeness (QED) is 0.474. The summed E-state index contributed by atoms with van der Waals surface area (Å²) in [5, 5.41) is 5.84. The van der Waals surface area contributed by atoms with Crippen molar-refractivity contribution in [3.63, 3.8) is 0 Å². The molecule has 0 spiro atoms. The van der Waals surface area contributed by atoms with Crippen LogP contribution in [0.3, 0.4) is 0 Å². The normalized spacial score (nSPS) is 12.6. The first-order chi connectivity index (χ1) is 12.2. The van der Waals surface area contributed by atoms with E-state index in [-0.39, 0.29) is 6.04 Å². The molecule has 132 valence electrons. The van der Waals surface area contributed by atoms with E-state index < -0.39 is 0 Å². The number of nitrogens with one attached hydrogen (secondary N) is 1. The summed E-state index contributed by atoms with van der Waals surface area (Å²) in [5.41, 5.74) is 1.36. The maximum absolute atomic E-state index is 6.13. The lowest BCUT2D eigenvalue weighted by Crippen LogP contribution is -2.26. The van der Waals surface area contributed by atoms with Crippen molar-refractivity contribution in [2.75, 3.05) is 20.1 Å². The largest absolute Gasteiger partial charge is 0.305 e. The van der Waals surface area contributed by atoms with Gasteiger partial charge in [0.25, 0.3) is 0 Å². The minimum atomic E-state index is 0.247. The Hall–Kier alpha value is -1.17. The van der Waals surface area contributed by atoms with Crippen molar-refractivity contribution in [1.29, 1.82) is 0 Å². The summed E-state index contributed by atoms with van der Waals surface area (Å²) < 4.78 is 0.848. The molecule has 1 aromatic carbocycles. The van der Waals surface area contributed by atoms with Gasteiger partial charge in [0.15, 0.2) is 0 Å². The van der Waals surface area contributed by atoms with Crippen LogP contribution in [0.1, 0.15) is 27.8 Å². The van der Waals surface area contributed by atoms with Crippen molar-refractivity contribution in [2.45, 2.75) is 19.0 Å². The third kappa shape index (κ3) is 5.66. The van der Waals surface area contributed by atoms with Crippen molar-refractivity contribution in [3.8, 4) is 0 Å². The fourth-order valence-corrected chi connectivity index (χ4v) is 4.90. The molecule has 3 aromatic rings. The molecule has 0 fully saturated rings. The van der Waals surface area contributed by atoms with Crippen LogP contribution < -0.4 is 5.32 Å². The Morgan fingerprint density at radius 2 is 1.88 bits per heavy atom. The average molecular weight is 391 g/mol. The predicted octanol–water partition coefficient (Wildman–Crippen LogP) is 5.66. The van der Waals surface area contributed by atoms with Gasteiger partial charge in [-0.15, -0.1) is 22.7 Å². The summed E-state index contributed by atoms with van der Waals surface area (Å²) in [6, 6.07) is 19.3. The SMILES string of the molecule is CN(CCCNC(c1cccs1)c1ccc(Cl)s1)Cc1ccccc1. The summed E-state index contributed by atoms with van der Waals surface area (Å²) >= 11 is 9.58. The van der Waals surface area contributed by atoms with Crippen molar-refractivity contribution in [3.05, 3.63) is 79.6 Å². The molecular formula is C20H23ClN2S2. The van der Waals surface area contributed by atoms with Crippen LogP contribution in [0.25, 0.3) is 0 Å². The van der Waals surface area contributed by atoms with E-state index in [1.807, 2.05) is 6.07 Å². The van der Waals surface area contributed by atoms with Crippen molar-refractivity contribution in [2.24, 2.45) is 0 Å².